The number of urea groups is 1. The second-order valence-corrected chi connectivity index (χ2v) is 10.3. The molecule has 4 fully saturated rings. The number of piperidine rings is 1. The molecular weight excluding hydrogens is 451 g/mol. The van der Waals surface area contributed by atoms with Crippen molar-refractivity contribution in [1.29, 1.82) is 0 Å². The third-order valence-electron chi connectivity index (χ3n) is 7.79. The van der Waals surface area contributed by atoms with E-state index in [1.54, 1.807) is 12.1 Å². The van der Waals surface area contributed by atoms with Gasteiger partial charge in [-0.1, -0.05) is 12.1 Å². The van der Waals surface area contributed by atoms with E-state index in [1.807, 2.05) is 9.80 Å². The maximum Gasteiger partial charge on any atom is 0.433 e. The lowest BCUT2D eigenvalue weighted by Crippen LogP contribution is -2.68. The number of alkyl halides is 3. The fraction of sp³-hybridized carbons (Fsp3) is 0.609. The lowest BCUT2D eigenvalue weighted by molar-refractivity contribution is -0.140. The van der Waals surface area contributed by atoms with Crippen LogP contribution < -0.4 is 5.32 Å². The van der Waals surface area contributed by atoms with Gasteiger partial charge in [0.15, 0.2) is 0 Å². The highest BCUT2D eigenvalue weighted by Crippen LogP contribution is 2.53. The third-order valence-corrected chi connectivity index (χ3v) is 7.79. The molecule has 4 heterocycles. The summed E-state index contributed by atoms with van der Waals surface area (Å²) in [7, 11) is 0. The first kappa shape index (κ1) is 21.7. The highest BCUT2D eigenvalue weighted by molar-refractivity contribution is 5.82. The highest BCUT2D eigenvalue weighted by Gasteiger charge is 2.54. The van der Waals surface area contributed by atoms with E-state index in [-0.39, 0.29) is 41.5 Å². The number of carbonyl (C=O) groups excluding carboxylic acids is 2. The molecule has 3 saturated heterocycles. The van der Waals surface area contributed by atoms with Crippen LogP contribution in [0.3, 0.4) is 0 Å². The molecule has 182 valence electrons. The molecule has 3 aliphatic heterocycles. The maximum atomic E-state index is 13.0. The minimum Gasteiger partial charge on any atom is -0.366 e. The van der Waals surface area contributed by atoms with Gasteiger partial charge in [0.05, 0.1) is 17.7 Å². The summed E-state index contributed by atoms with van der Waals surface area (Å²) in [4.78, 5) is 28.2. The van der Waals surface area contributed by atoms with Crippen LogP contribution in [-0.4, -0.2) is 76.9 Å². The van der Waals surface area contributed by atoms with Gasteiger partial charge in [0.2, 0.25) is 5.91 Å². The number of nitrogens with zero attached hydrogens (tertiary/aromatic N) is 3. The molecule has 1 aromatic heterocycles. The number of halogens is 3. The molecule has 2 N–H and O–H groups in total. The number of aromatic nitrogens is 2. The van der Waals surface area contributed by atoms with E-state index >= 15 is 0 Å². The Morgan fingerprint density at radius 1 is 1.24 bits per heavy atom. The normalized spacial score (nSPS) is 26.7. The lowest BCUT2D eigenvalue weighted by Gasteiger charge is -2.60. The molecule has 1 aliphatic carbocycles. The van der Waals surface area contributed by atoms with Gasteiger partial charge in [0.25, 0.3) is 0 Å². The number of fused-ring (bicyclic) bond motifs is 2. The van der Waals surface area contributed by atoms with Gasteiger partial charge in [-0.2, -0.15) is 18.3 Å². The Morgan fingerprint density at radius 3 is 2.79 bits per heavy atom. The van der Waals surface area contributed by atoms with Gasteiger partial charge < -0.3 is 19.9 Å². The molecule has 34 heavy (non-hydrogen) atoms. The molecule has 11 heteroatoms. The number of aromatic amines is 1. The summed E-state index contributed by atoms with van der Waals surface area (Å²) >= 11 is 0. The van der Waals surface area contributed by atoms with Crippen LogP contribution in [0, 0.1) is 11.3 Å². The number of ether oxygens (including phenoxy) is 1. The molecule has 2 atom stereocenters. The monoisotopic (exact) mass is 477 g/mol. The Hall–Kier alpha value is -2.82. The number of rotatable bonds is 2. The summed E-state index contributed by atoms with van der Waals surface area (Å²) in [5, 5.41) is 8.96. The van der Waals surface area contributed by atoms with Crippen LogP contribution in [0.2, 0.25) is 0 Å². The molecule has 0 bridgehead atoms. The zero-order chi connectivity index (χ0) is 23.7. The number of benzene rings is 1. The summed E-state index contributed by atoms with van der Waals surface area (Å²) < 4.78 is 44.6. The minimum absolute atomic E-state index is 0.0161. The van der Waals surface area contributed by atoms with Gasteiger partial charge in [-0.3, -0.25) is 9.89 Å². The van der Waals surface area contributed by atoms with E-state index in [1.165, 1.54) is 6.07 Å². The van der Waals surface area contributed by atoms with Crippen molar-refractivity contribution >= 4 is 22.8 Å². The van der Waals surface area contributed by atoms with Crippen molar-refractivity contribution in [3.8, 4) is 0 Å². The molecule has 8 nitrogen and oxygen atoms in total. The number of H-pyrrole nitrogens is 1. The minimum atomic E-state index is -4.45. The summed E-state index contributed by atoms with van der Waals surface area (Å²) in [5.41, 5.74) is 0.682. The quantitative estimate of drug-likeness (QED) is 0.696. The van der Waals surface area contributed by atoms with Gasteiger partial charge in [0.1, 0.15) is 12.3 Å². The fourth-order valence-corrected chi connectivity index (χ4v) is 6.27. The van der Waals surface area contributed by atoms with Gasteiger partial charge in [-0.05, 0) is 43.2 Å². The zero-order valence-corrected chi connectivity index (χ0v) is 18.5. The third kappa shape index (κ3) is 3.70. The number of likely N-dealkylation sites (tertiary alicyclic amines) is 2. The van der Waals surface area contributed by atoms with Crippen LogP contribution >= 0.6 is 0 Å². The van der Waals surface area contributed by atoms with Crippen LogP contribution in [0.1, 0.15) is 30.5 Å². The van der Waals surface area contributed by atoms with Crippen molar-refractivity contribution in [2.75, 3.05) is 32.8 Å². The molecular formula is C23H26F3N5O3. The van der Waals surface area contributed by atoms with E-state index < -0.39 is 11.9 Å². The first-order chi connectivity index (χ1) is 16.2. The summed E-state index contributed by atoms with van der Waals surface area (Å²) in [5.74, 6) is 0.326. The van der Waals surface area contributed by atoms with Crippen LogP contribution in [0.5, 0.6) is 0 Å². The summed E-state index contributed by atoms with van der Waals surface area (Å²) in [6.07, 6.45) is -0.914. The van der Waals surface area contributed by atoms with E-state index in [0.717, 1.165) is 44.3 Å². The number of carbonyl (C=O) groups is 2. The van der Waals surface area contributed by atoms with Crippen molar-refractivity contribution in [1.82, 2.24) is 25.3 Å². The zero-order valence-electron chi connectivity index (χ0n) is 18.5. The van der Waals surface area contributed by atoms with Crippen molar-refractivity contribution in [2.24, 2.45) is 11.3 Å². The molecule has 3 amide bonds. The first-order valence-electron chi connectivity index (χ1n) is 11.7. The molecule has 1 aromatic carbocycles. The Bertz CT molecular complexity index is 1130. The number of hydrogen-bond acceptors (Lipinski definition) is 4. The average molecular weight is 477 g/mol. The van der Waals surface area contributed by atoms with E-state index in [0.29, 0.717) is 24.5 Å². The molecule has 2 aromatic rings. The average Bonchev–Trinajstić information content (AvgIpc) is 3.17. The molecule has 4 aliphatic rings. The predicted octanol–water partition coefficient (Wildman–Crippen LogP) is 2.55. The molecule has 1 saturated carbocycles. The van der Waals surface area contributed by atoms with Crippen molar-refractivity contribution in [2.45, 2.75) is 44.0 Å². The summed E-state index contributed by atoms with van der Waals surface area (Å²) in [6, 6.07) is 4.88. The fourth-order valence-electron chi connectivity index (χ4n) is 6.27. The van der Waals surface area contributed by atoms with Crippen LogP contribution in [0.25, 0.3) is 10.9 Å². The molecule has 1 spiro atoms. The maximum absolute atomic E-state index is 13.0. The van der Waals surface area contributed by atoms with Crippen molar-refractivity contribution < 1.29 is 27.5 Å². The number of nitrogens with one attached hydrogen (secondary N) is 2. The van der Waals surface area contributed by atoms with E-state index in [2.05, 4.69) is 15.5 Å². The van der Waals surface area contributed by atoms with Gasteiger partial charge in [0, 0.05) is 37.0 Å². The second kappa shape index (κ2) is 7.59. The first-order valence-corrected chi connectivity index (χ1v) is 11.7. The van der Waals surface area contributed by atoms with Crippen LogP contribution in [0.4, 0.5) is 18.0 Å². The van der Waals surface area contributed by atoms with Crippen LogP contribution in [0.15, 0.2) is 18.2 Å². The van der Waals surface area contributed by atoms with Gasteiger partial charge in [-0.15, -0.1) is 0 Å². The van der Waals surface area contributed by atoms with Gasteiger partial charge >= 0.3 is 12.2 Å². The predicted molar refractivity (Wildman–Crippen MR) is 115 cm³/mol. The highest BCUT2D eigenvalue weighted by atomic mass is 19.4. The molecule has 0 radical (unpaired) electrons. The Balaban J connectivity index is 1.00. The SMILES string of the molecule is O=C1CO[C@H]2CCN(C(=O)N3CC4(CC(Cc5ccc6c(C(F)(F)F)[nH]nc6c5)C4)C3)C[C@H]2N1. The number of hydrogen-bond donors (Lipinski definition) is 2. The number of amides is 3. The molecule has 0 unspecified atom stereocenters. The Labute approximate surface area is 193 Å². The Kier molecular flexibility index (Phi) is 4.84. The van der Waals surface area contributed by atoms with Crippen molar-refractivity contribution in [3.05, 3.63) is 29.5 Å². The van der Waals surface area contributed by atoms with Gasteiger partial charge in [-0.25, -0.2) is 4.79 Å². The Morgan fingerprint density at radius 2 is 2.03 bits per heavy atom. The molecule has 6 rings (SSSR count). The van der Waals surface area contributed by atoms with E-state index in [4.69, 9.17) is 4.74 Å². The van der Waals surface area contributed by atoms with E-state index in [9.17, 15) is 22.8 Å². The van der Waals surface area contributed by atoms with Crippen LogP contribution in [-0.2, 0) is 22.1 Å². The second-order valence-electron chi connectivity index (χ2n) is 10.3. The smallest absolute Gasteiger partial charge is 0.366 e. The standard InChI is InChI=1S/C23H26F3N5O3/c24-23(25,26)20-15-2-1-13(6-16(15)28-29-20)5-14-7-22(8-14)11-31(12-22)21(33)30-4-3-18-17(9-30)27-19(32)10-34-18/h1-2,6,14,17-18H,3-5,7-12H2,(H,27,32)(H,28,29)/t17-,18+/m1/s1. The number of morpholine rings is 1. The topological polar surface area (TPSA) is 90.6 Å². The summed E-state index contributed by atoms with van der Waals surface area (Å²) in [6.45, 7) is 2.68. The largest absolute Gasteiger partial charge is 0.433 e. The lowest BCUT2D eigenvalue weighted by atomic mass is 9.56. The van der Waals surface area contributed by atoms with Crippen molar-refractivity contribution in [3.63, 3.8) is 0 Å².